The number of halogens is 1. The van der Waals surface area contributed by atoms with Gasteiger partial charge in [-0.2, -0.15) is 0 Å². The summed E-state index contributed by atoms with van der Waals surface area (Å²) in [6.07, 6.45) is 12.1. The first kappa shape index (κ1) is 13.2. The highest BCUT2D eigenvalue weighted by Gasteiger charge is 2.68. The number of hydrogen-bond acceptors (Lipinski definition) is 1. The van der Waals surface area contributed by atoms with E-state index in [1.807, 2.05) is 18.3 Å². The Labute approximate surface area is 121 Å². The quantitative estimate of drug-likeness (QED) is 0.715. The van der Waals surface area contributed by atoms with Crippen LogP contribution < -0.4 is 0 Å². The molecule has 1 nitrogen and oxygen atoms in total. The van der Waals surface area contributed by atoms with Crippen molar-refractivity contribution in [3.05, 3.63) is 41.7 Å². The van der Waals surface area contributed by atoms with E-state index in [-0.39, 0.29) is 0 Å². The maximum atomic E-state index is 5.74. The highest BCUT2D eigenvalue weighted by molar-refractivity contribution is 6.30. The summed E-state index contributed by atoms with van der Waals surface area (Å²) in [5.74, 6) is 3.64. The third kappa shape index (κ3) is 2.33. The Hall–Kier alpha value is -0.820. The molecule has 3 aliphatic rings. The van der Waals surface area contributed by atoms with Crippen LogP contribution in [0.3, 0.4) is 0 Å². The summed E-state index contributed by atoms with van der Waals surface area (Å²) in [7, 11) is 0. The van der Waals surface area contributed by atoms with Crippen molar-refractivity contribution in [2.75, 3.05) is 0 Å². The van der Waals surface area contributed by atoms with Crippen molar-refractivity contribution in [1.29, 1.82) is 0 Å². The Bertz CT molecular complexity index is 470. The van der Waals surface area contributed by atoms with Gasteiger partial charge in [-0.3, -0.25) is 4.98 Å². The average molecular weight is 276 g/mol. The molecule has 3 aliphatic carbocycles. The average Bonchev–Trinajstić information content (AvgIpc) is 2.36. The summed E-state index contributed by atoms with van der Waals surface area (Å²) in [5, 5.41) is 0.701. The van der Waals surface area contributed by atoms with E-state index in [0.717, 1.165) is 23.8 Å². The van der Waals surface area contributed by atoms with Gasteiger partial charge in [0, 0.05) is 12.4 Å². The van der Waals surface area contributed by atoms with Crippen molar-refractivity contribution in [3.8, 4) is 0 Å². The van der Waals surface area contributed by atoms with Gasteiger partial charge in [0.1, 0.15) is 0 Å². The molecule has 0 spiro atoms. The summed E-state index contributed by atoms with van der Waals surface area (Å²) in [5.41, 5.74) is 2.05. The summed E-state index contributed by atoms with van der Waals surface area (Å²) < 4.78 is 0. The molecule has 2 unspecified atom stereocenters. The number of hydrogen-bond donors (Lipinski definition) is 0. The molecule has 102 valence electrons. The Balaban J connectivity index is 0.000000120. The van der Waals surface area contributed by atoms with Crippen LogP contribution in [-0.2, 0) is 6.42 Å². The largest absolute Gasteiger partial charge is 0.263 e. The van der Waals surface area contributed by atoms with E-state index in [9.17, 15) is 0 Å². The first-order valence-corrected chi connectivity index (χ1v) is 7.70. The number of aryl methyl sites for hydroxylation is 1. The number of rotatable bonds is 3. The van der Waals surface area contributed by atoms with Gasteiger partial charge in [-0.05, 0) is 66.9 Å². The zero-order valence-corrected chi connectivity index (χ0v) is 12.4. The van der Waals surface area contributed by atoms with E-state index in [1.54, 1.807) is 25.5 Å². The highest BCUT2D eigenvalue weighted by Crippen LogP contribution is 2.76. The number of pyridine rings is 1. The lowest BCUT2D eigenvalue weighted by molar-refractivity contribution is -0.260. The van der Waals surface area contributed by atoms with Crippen molar-refractivity contribution in [2.45, 2.75) is 39.0 Å². The van der Waals surface area contributed by atoms with Crippen LogP contribution in [0.15, 0.2) is 31.1 Å². The standard InChI is InChI=1S/C9H10ClN.C8H12/c1-2-3-4-8-5-9(10)7-11-6-8;1-8-3-5-2-6(4-8)7(5)8/h2,5-7H,1,3-4H2;5-7H,2-4H2,1H3. The van der Waals surface area contributed by atoms with E-state index in [2.05, 4.69) is 18.5 Å². The zero-order valence-electron chi connectivity index (χ0n) is 11.6. The molecule has 1 heterocycles. The predicted octanol–water partition coefficient (Wildman–Crippen LogP) is 4.91. The first-order chi connectivity index (χ1) is 9.12. The molecule has 1 aromatic heterocycles. The van der Waals surface area contributed by atoms with Crippen molar-refractivity contribution < 1.29 is 0 Å². The molecule has 2 heteroatoms. The molecule has 3 saturated carbocycles. The van der Waals surface area contributed by atoms with Crippen molar-refractivity contribution in [3.63, 3.8) is 0 Å². The fourth-order valence-corrected chi connectivity index (χ4v) is 4.72. The van der Waals surface area contributed by atoms with Gasteiger partial charge in [-0.15, -0.1) is 6.58 Å². The maximum absolute atomic E-state index is 5.74. The van der Waals surface area contributed by atoms with Gasteiger partial charge in [0.2, 0.25) is 0 Å². The topological polar surface area (TPSA) is 12.9 Å². The summed E-state index contributed by atoms with van der Waals surface area (Å²) >= 11 is 5.74. The van der Waals surface area contributed by atoms with Crippen LogP contribution in [0.2, 0.25) is 5.02 Å². The smallest absolute Gasteiger partial charge is 0.0592 e. The molecule has 2 atom stereocenters. The molecular weight excluding hydrogens is 254 g/mol. The van der Waals surface area contributed by atoms with Gasteiger partial charge in [0.25, 0.3) is 0 Å². The molecule has 0 aromatic carbocycles. The van der Waals surface area contributed by atoms with Gasteiger partial charge in [0.05, 0.1) is 5.02 Å². The van der Waals surface area contributed by atoms with Gasteiger partial charge >= 0.3 is 0 Å². The van der Waals surface area contributed by atoms with Crippen LogP contribution in [0.5, 0.6) is 0 Å². The van der Waals surface area contributed by atoms with Crippen molar-refractivity contribution in [1.82, 2.24) is 4.98 Å². The minimum absolute atomic E-state index is 0.701. The summed E-state index contributed by atoms with van der Waals surface area (Å²) in [6, 6.07) is 1.93. The Kier molecular flexibility index (Phi) is 3.42. The molecular formula is C17H22ClN. The van der Waals surface area contributed by atoms with E-state index >= 15 is 0 Å². The highest BCUT2D eigenvalue weighted by atomic mass is 35.5. The van der Waals surface area contributed by atoms with E-state index in [0.29, 0.717) is 5.02 Å². The zero-order chi connectivity index (χ0) is 13.5. The summed E-state index contributed by atoms with van der Waals surface area (Å²) in [6.45, 7) is 6.12. The second-order valence-electron chi connectivity index (χ2n) is 6.68. The van der Waals surface area contributed by atoms with Crippen molar-refractivity contribution >= 4 is 11.6 Å². The third-order valence-corrected chi connectivity index (χ3v) is 5.49. The molecule has 19 heavy (non-hydrogen) atoms. The third-order valence-electron chi connectivity index (χ3n) is 5.28. The second-order valence-corrected chi connectivity index (χ2v) is 7.12. The van der Waals surface area contributed by atoms with Crippen molar-refractivity contribution in [2.24, 2.45) is 23.2 Å². The Morgan fingerprint density at radius 3 is 2.58 bits per heavy atom. The summed E-state index contributed by atoms with van der Waals surface area (Å²) in [4.78, 5) is 3.97. The molecule has 3 fully saturated rings. The number of aromatic nitrogens is 1. The molecule has 0 N–H and O–H groups in total. The lowest BCUT2D eigenvalue weighted by Crippen LogP contribution is -2.67. The van der Waals surface area contributed by atoms with E-state index < -0.39 is 0 Å². The Morgan fingerprint density at radius 1 is 1.42 bits per heavy atom. The molecule has 0 radical (unpaired) electrons. The normalized spacial score (nSPS) is 36.6. The van der Waals surface area contributed by atoms with Crippen LogP contribution in [0, 0.1) is 23.2 Å². The molecule has 0 saturated heterocycles. The molecule has 0 aliphatic heterocycles. The molecule has 4 rings (SSSR count). The van der Waals surface area contributed by atoms with Crippen LogP contribution in [0.4, 0.5) is 0 Å². The van der Waals surface area contributed by atoms with Crippen LogP contribution in [0.1, 0.15) is 38.2 Å². The SMILES string of the molecule is C=CCCc1cncc(Cl)c1.CC12CC3CC(C1)C32. The molecule has 0 amide bonds. The molecule has 0 bridgehead atoms. The van der Waals surface area contributed by atoms with E-state index in [4.69, 9.17) is 11.6 Å². The van der Waals surface area contributed by atoms with Gasteiger partial charge in [0.15, 0.2) is 0 Å². The lowest BCUT2D eigenvalue weighted by atomic mass is 9.30. The lowest BCUT2D eigenvalue weighted by Gasteiger charge is -2.75. The predicted molar refractivity (Wildman–Crippen MR) is 80.2 cm³/mol. The Morgan fingerprint density at radius 2 is 2.16 bits per heavy atom. The minimum Gasteiger partial charge on any atom is -0.263 e. The fourth-order valence-electron chi connectivity index (χ4n) is 4.52. The second kappa shape index (κ2) is 4.94. The van der Waals surface area contributed by atoms with Crippen LogP contribution >= 0.6 is 11.6 Å². The minimum atomic E-state index is 0.701. The van der Waals surface area contributed by atoms with Gasteiger partial charge in [-0.25, -0.2) is 0 Å². The first-order valence-electron chi connectivity index (χ1n) is 7.33. The molecule has 1 aromatic rings. The van der Waals surface area contributed by atoms with E-state index in [1.165, 1.54) is 17.8 Å². The maximum Gasteiger partial charge on any atom is 0.0592 e. The van der Waals surface area contributed by atoms with Gasteiger partial charge in [-0.1, -0.05) is 24.6 Å². The number of allylic oxidation sites excluding steroid dienone is 1. The fraction of sp³-hybridized carbons (Fsp3) is 0.588. The number of nitrogens with zero attached hydrogens (tertiary/aromatic N) is 1. The van der Waals surface area contributed by atoms with Crippen LogP contribution in [0.25, 0.3) is 0 Å². The van der Waals surface area contributed by atoms with Gasteiger partial charge < -0.3 is 0 Å². The van der Waals surface area contributed by atoms with Crippen LogP contribution in [-0.4, -0.2) is 4.98 Å². The monoisotopic (exact) mass is 275 g/mol.